The summed E-state index contributed by atoms with van der Waals surface area (Å²) in [5.74, 6) is 0.605. The van der Waals surface area contributed by atoms with Crippen molar-refractivity contribution in [2.75, 3.05) is 31.8 Å². The van der Waals surface area contributed by atoms with Gasteiger partial charge in [-0.1, -0.05) is 41.3 Å². The highest BCUT2D eigenvalue weighted by Crippen LogP contribution is 2.31. The predicted octanol–water partition coefficient (Wildman–Crippen LogP) is 4.58. The second-order valence-electron chi connectivity index (χ2n) is 6.36. The third-order valence-electron chi connectivity index (χ3n) is 4.40. The van der Waals surface area contributed by atoms with Crippen LogP contribution < -0.4 is 14.8 Å². The summed E-state index contributed by atoms with van der Waals surface area (Å²) >= 11 is 2.68. The van der Waals surface area contributed by atoms with Gasteiger partial charge in [-0.05, 0) is 36.8 Å². The summed E-state index contributed by atoms with van der Waals surface area (Å²) in [5.41, 5.74) is 1.50. The number of thioether (sulfide) groups is 1. The maximum absolute atomic E-state index is 13.9. The van der Waals surface area contributed by atoms with E-state index in [0.29, 0.717) is 33.9 Å². The van der Waals surface area contributed by atoms with E-state index in [1.165, 1.54) is 36.3 Å². The van der Waals surface area contributed by atoms with Crippen molar-refractivity contribution >= 4 is 39.8 Å². The normalized spacial score (nSPS) is 10.6. The Balaban J connectivity index is 1.56. The fraction of sp³-hybridized carbons (Fsp3) is 0.286. The molecular formula is C21H23FN4O3S2. The molecule has 10 heteroatoms. The number of hydrogen-bond acceptors (Lipinski definition) is 8. The third-order valence-corrected chi connectivity index (χ3v) is 6.35. The van der Waals surface area contributed by atoms with Crippen LogP contribution in [0.4, 0.5) is 15.2 Å². The van der Waals surface area contributed by atoms with Gasteiger partial charge in [0.15, 0.2) is 15.9 Å². The Bertz CT molecular complexity index is 1030. The van der Waals surface area contributed by atoms with E-state index in [1.807, 2.05) is 31.2 Å². The zero-order valence-electron chi connectivity index (χ0n) is 17.4. The molecule has 0 aliphatic carbocycles. The number of nitrogens with zero attached hydrogens (tertiary/aromatic N) is 3. The second-order valence-corrected chi connectivity index (χ2v) is 8.56. The average molecular weight is 463 g/mol. The van der Waals surface area contributed by atoms with Crippen LogP contribution >= 0.6 is 23.1 Å². The van der Waals surface area contributed by atoms with Crippen LogP contribution in [-0.2, 0) is 11.3 Å². The molecule has 2 aromatic carbocycles. The van der Waals surface area contributed by atoms with Crippen LogP contribution in [0.5, 0.6) is 11.5 Å². The van der Waals surface area contributed by atoms with Crippen LogP contribution in [0.25, 0.3) is 0 Å². The van der Waals surface area contributed by atoms with Gasteiger partial charge in [-0.25, -0.2) is 4.39 Å². The zero-order chi connectivity index (χ0) is 22.2. The Kier molecular flexibility index (Phi) is 8.07. The Hall–Kier alpha value is -2.85. The molecule has 0 unspecified atom stereocenters. The molecule has 0 saturated carbocycles. The quantitative estimate of drug-likeness (QED) is 0.442. The number of carbonyl (C=O) groups is 1. The molecule has 31 heavy (non-hydrogen) atoms. The number of hydrogen-bond donors (Lipinski definition) is 1. The van der Waals surface area contributed by atoms with Crippen LogP contribution in [0.15, 0.2) is 46.8 Å². The number of nitrogens with one attached hydrogen (secondary N) is 1. The van der Waals surface area contributed by atoms with Crippen LogP contribution in [-0.4, -0.2) is 47.5 Å². The summed E-state index contributed by atoms with van der Waals surface area (Å²) in [4.78, 5) is 14.3. The topological polar surface area (TPSA) is 76.6 Å². The van der Waals surface area contributed by atoms with E-state index in [9.17, 15) is 9.18 Å². The minimum Gasteiger partial charge on any atom is -0.495 e. The molecule has 0 aliphatic heterocycles. The number of methoxy groups -OCH3 is 2. The highest BCUT2D eigenvalue weighted by atomic mass is 32.2. The third kappa shape index (κ3) is 6.08. The molecule has 7 nitrogen and oxygen atoms in total. The molecule has 0 aliphatic rings. The molecule has 1 aromatic heterocycles. The first-order valence-corrected chi connectivity index (χ1v) is 11.3. The number of benzene rings is 2. The van der Waals surface area contributed by atoms with Gasteiger partial charge in [0.05, 0.1) is 25.7 Å². The average Bonchev–Trinajstić information content (AvgIpc) is 3.23. The van der Waals surface area contributed by atoms with Crippen molar-refractivity contribution in [2.45, 2.75) is 17.8 Å². The van der Waals surface area contributed by atoms with Gasteiger partial charge in [-0.15, -0.1) is 10.2 Å². The number of para-hydroxylation sites is 2. The minimum absolute atomic E-state index is 0.0573. The van der Waals surface area contributed by atoms with Crippen molar-refractivity contribution in [2.24, 2.45) is 0 Å². The molecule has 0 saturated heterocycles. The smallest absolute Gasteiger partial charge is 0.233 e. The molecule has 0 spiro atoms. The predicted molar refractivity (Wildman–Crippen MR) is 121 cm³/mol. The van der Waals surface area contributed by atoms with Crippen molar-refractivity contribution in [3.8, 4) is 11.5 Å². The molecule has 3 aromatic rings. The largest absolute Gasteiger partial charge is 0.495 e. The van der Waals surface area contributed by atoms with Gasteiger partial charge < -0.3 is 19.7 Å². The SMILES string of the molecule is CCN(Cc1ccc(OC)c(F)c1)C(=O)CSc1nnc(Nc2ccccc2OC)s1. The highest BCUT2D eigenvalue weighted by molar-refractivity contribution is 8.01. The van der Waals surface area contributed by atoms with Crippen LogP contribution in [0, 0.1) is 5.82 Å². The molecule has 1 N–H and O–H groups in total. The van der Waals surface area contributed by atoms with Crippen molar-refractivity contribution in [1.82, 2.24) is 15.1 Å². The van der Waals surface area contributed by atoms with Gasteiger partial charge in [0.25, 0.3) is 0 Å². The maximum atomic E-state index is 13.9. The van der Waals surface area contributed by atoms with E-state index in [1.54, 1.807) is 24.1 Å². The lowest BCUT2D eigenvalue weighted by atomic mass is 10.2. The van der Waals surface area contributed by atoms with Crippen molar-refractivity contribution in [3.05, 3.63) is 53.8 Å². The van der Waals surface area contributed by atoms with E-state index in [0.717, 1.165) is 5.69 Å². The van der Waals surface area contributed by atoms with Crippen LogP contribution in [0.1, 0.15) is 12.5 Å². The summed E-state index contributed by atoms with van der Waals surface area (Å²) < 4.78 is 24.9. The highest BCUT2D eigenvalue weighted by Gasteiger charge is 2.16. The monoisotopic (exact) mass is 462 g/mol. The number of ether oxygens (including phenoxy) is 2. The summed E-state index contributed by atoms with van der Waals surface area (Å²) in [6.45, 7) is 2.74. The first-order valence-electron chi connectivity index (χ1n) is 9.50. The Morgan fingerprint density at radius 2 is 1.94 bits per heavy atom. The molecule has 0 bridgehead atoms. The first kappa shape index (κ1) is 22.8. The zero-order valence-corrected chi connectivity index (χ0v) is 19.1. The molecule has 3 rings (SSSR count). The summed E-state index contributed by atoms with van der Waals surface area (Å²) in [6, 6.07) is 12.2. The molecule has 1 amide bonds. The van der Waals surface area contributed by atoms with Gasteiger partial charge in [0.2, 0.25) is 11.0 Å². The Morgan fingerprint density at radius 3 is 2.65 bits per heavy atom. The van der Waals surface area contributed by atoms with Crippen molar-refractivity contribution < 1.29 is 18.7 Å². The van der Waals surface area contributed by atoms with E-state index in [2.05, 4.69) is 15.5 Å². The Labute approximate surface area is 188 Å². The molecule has 0 atom stereocenters. The van der Waals surface area contributed by atoms with E-state index < -0.39 is 5.82 Å². The lowest BCUT2D eigenvalue weighted by Crippen LogP contribution is -2.31. The summed E-state index contributed by atoms with van der Waals surface area (Å²) in [5, 5.41) is 12.0. The van der Waals surface area contributed by atoms with E-state index >= 15 is 0 Å². The van der Waals surface area contributed by atoms with E-state index in [4.69, 9.17) is 9.47 Å². The number of anilines is 2. The lowest BCUT2D eigenvalue weighted by Gasteiger charge is -2.21. The van der Waals surface area contributed by atoms with Gasteiger partial charge >= 0.3 is 0 Å². The number of amides is 1. The van der Waals surface area contributed by atoms with Crippen molar-refractivity contribution in [1.29, 1.82) is 0 Å². The number of aromatic nitrogens is 2. The molecular weight excluding hydrogens is 439 g/mol. The number of halogens is 1. The lowest BCUT2D eigenvalue weighted by molar-refractivity contribution is -0.128. The van der Waals surface area contributed by atoms with Gasteiger partial charge in [-0.2, -0.15) is 0 Å². The van der Waals surface area contributed by atoms with Crippen LogP contribution in [0.2, 0.25) is 0 Å². The molecule has 0 fully saturated rings. The van der Waals surface area contributed by atoms with Gasteiger partial charge in [0.1, 0.15) is 5.75 Å². The number of rotatable bonds is 10. The first-order chi connectivity index (χ1) is 15.0. The minimum atomic E-state index is -0.443. The second kappa shape index (κ2) is 11.0. The molecule has 1 heterocycles. The molecule has 164 valence electrons. The van der Waals surface area contributed by atoms with E-state index in [-0.39, 0.29) is 17.4 Å². The summed E-state index contributed by atoms with van der Waals surface area (Å²) in [6.07, 6.45) is 0. The molecule has 0 radical (unpaired) electrons. The fourth-order valence-corrected chi connectivity index (χ4v) is 4.47. The van der Waals surface area contributed by atoms with Crippen LogP contribution in [0.3, 0.4) is 0 Å². The summed E-state index contributed by atoms with van der Waals surface area (Å²) in [7, 11) is 3.02. The Morgan fingerprint density at radius 1 is 1.16 bits per heavy atom. The van der Waals surface area contributed by atoms with Gasteiger partial charge in [-0.3, -0.25) is 4.79 Å². The van der Waals surface area contributed by atoms with Crippen molar-refractivity contribution in [3.63, 3.8) is 0 Å². The standard InChI is InChI=1S/C21H23FN4O3S2/c1-4-26(12-14-9-10-17(28-2)15(22)11-14)19(27)13-30-21-25-24-20(31-21)23-16-7-5-6-8-18(16)29-3/h5-11H,4,12-13H2,1-3H3,(H,23,24). The maximum Gasteiger partial charge on any atom is 0.233 e. The number of carbonyl (C=O) groups excluding carboxylic acids is 1. The van der Waals surface area contributed by atoms with Gasteiger partial charge in [0, 0.05) is 13.1 Å². The fourth-order valence-electron chi connectivity index (χ4n) is 2.80.